The van der Waals surface area contributed by atoms with E-state index in [9.17, 15) is 4.79 Å². The van der Waals surface area contributed by atoms with Crippen molar-refractivity contribution < 1.29 is 14.3 Å². The van der Waals surface area contributed by atoms with Gasteiger partial charge in [0.15, 0.2) is 12.7 Å². The molecule has 0 saturated carbocycles. The molecule has 0 heterocycles. The minimum atomic E-state index is -0.833. The summed E-state index contributed by atoms with van der Waals surface area (Å²) in [6, 6.07) is 8.97. The number of benzene rings is 1. The molecule has 0 radical (unpaired) electrons. The van der Waals surface area contributed by atoms with Gasteiger partial charge in [0, 0.05) is 0 Å². The Morgan fingerprint density at radius 1 is 1.18 bits per heavy atom. The summed E-state index contributed by atoms with van der Waals surface area (Å²) in [6.45, 7) is -0.0493. The summed E-state index contributed by atoms with van der Waals surface area (Å²) in [7, 11) is 0. The first-order chi connectivity index (χ1) is 8.29. The van der Waals surface area contributed by atoms with Gasteiger partial charge in [-0.2, -0.15) is 0 Å². The Hall–Kier alpha value is -2.23. The predicted octanol–water partition coefficient (Wildman–Crippen LogP) is 1.55. The van der Waals surface area contributed by atoms with Gasteiger partial charge in [-0.1, -0.05) is 42.2 Å². The normalized spacial score (nSPS) is 10.9. The molecular formula is C14H12O3. The van der Waals surface area contributed by atoms with E-state index in [2.05, 4.69) is 11.8 Å². The molecule has 0 aliphatic heterocycles. The van der Waals surface area contributed by atoms with E-state index in [1.807, 2.05) is 6.07 Å². The van der Waals surface area contributed by atoms with Crippen LogP contribution < -0.4 is 0 Å². The zero-order chi connectivity index (χ0) is 12.5. The van der Waals surface area contributed by atoms with E-state index < -0.39 is 12.1 Å². The summed E-state index contributed by atoms with van der Waals surface area (Å²) in [5.41, 5.74) is 0.685. The lowest BCUT2D eigenvalue weighted by Crippen LogP contribution is -2.19. The molecule has 0 saturated heterocycles. The molecule has 0 bridgehead atoms. The van der Waals surface area contributed by atoms with Gasteiger partial charge in [0.25, 0.3) is 0 Å². The third-order valence-electron chi connectivity index (χ3n) is 1.95. The summed E-state index contributed by atoms with van der Waals surface area (Å²) >= 11 is 0. The van der Waals surface area contributed by atoms with Crippen molar-refractivity contribution in [3.8, 4) is 24.7 Å². The molecule has 0 spiro atoms. The van der Waals surface area contributed by atoms with E-state index in [0.29, 0.717) is 5.56 Å². The molecule has 0 N–H and O–H groups in total. The minimum absolute atomic E-state index is 0.0325. The van der Waals surface area contributed by atoms with Crippen LogP contribution in [0, 0.1) is 24.7 Å². The van der Waals surface area contributed by atoms with Crippen LogP contribution >= 0.6 is 0 Å². The number of hydrogen-bond acceptors (Lipinski definition) is 3. The second-order valence-electron chi connectivity index (χ2n) is 3.12. The largest absolute Gasteiger partial charge is 0.450 e. The van der Waals surface area contributed by atoms with Crippen LogP contribution in [0.15, 0.2) is 30.3 Å². The highest BCUT2D eigenvalue weighted by molar-refractivity contribution is 5.76. The van der Waals surface area contributed by atoms with Gasteiger partial charge in [0.2, 0.25) is 0 Å². The lowest BCUT2D eigenvalue weighted by atomic mass is 10.1. The van der Waals surface area contributed by atoms with Gasteiger partial charge < -0.3 is 9.47 Å². The number of carbonyl (C=O) groups excluding carboxylic acids is 1. The fourth-order valence-corrected chi connectivity index (χ4v) is 1.25. The summed E-state index contributed by atoms with van der Waals surface area (Å²) in [5.74, 6) is 3.99. The number of ether oxygens (including phenoxy) is 2. The van der Waals surface area contributed by atoms with E-state index >= 15 is 0 Å². The molecule has 1 rings (SSSR count). The number of carbonyl (C=O) groups is 1. The fourth-order valence-electron chi connectivity index (χ4n) is 1.25. The molecule has 3 heteroatoms. The van der Waals surface area contributed by atoms with Crippen molar-refractivity contribution >= 4 is 5.97 Å². The van der Waals surface area contributed by atoms with Crippen LogP contribution in [0.2, 0.25) is 0 Å². The highest BCUT2D eigenvalue weighted by Crippen LogP contribution is 2.18. The van der Waals surface area contributed by atoms with Crippen molar-refractivity contribution in [3.63, 3.8) is 0 Å². The van der Waals surface area contributed by atoms with Crippen molar-refractivity contribution in [2.75, 3.05) is 13.2 Å². The van der Waals surface area contributed by atoms with Crippen LogP contribution in [0.3, 0.4) is 0 Å². The smallest absolute Gasteiger partial charge is 0.340 e. The number of hydrogen-bond donors (Lipinski definition) is 0. The Labute approximate surface area is 101 Å². The molecule has 1 aromatic rings. The van der Waals surface area contributed by atoms with Crippen LogP contribution in [0.1, 0.15) is 11.7 Å². The second kappa shape index (κ2) is 7.11. The molecule has 0 amide bonds. The van der Waals surface area contributed by atoms with Gasteiger partial charge in [0.05, 0.1) is 0 Å². The molecule has 0 aliphatic carbocycles. The van der Waals surface area contributed by atoms with Crippen LogP contribution in [0.4, 0.5) is 0 Å². The summed E-state index contributed by atoms with van der Waals surface area (Å²) in [5, 5.41) is 0. The Bertz CT molecular complexity index is 437. The topological polar surface area (TPSA) is 35.5 Å². The maximum Gasteiger partial charge on any atom is 0.340 e. The Balaban J connectivity index is 2.78. The highest BCUT2D eigenvalue weighted by atomic mass is 16.6. The number of rotatable bonds is 5. The molecule has 1 atom stereocenters. The van der Waals surface area contributed by atoms with Crippen molar-refractivity contribution in [1.29, 1.82) is 0 Å². The first-order valence-corrected chi connectivity index (χ1v) is 4.99. The SMILES string of the molecule is C#CCOC(=O)C(OCC#C)c1ccccc1. The van der Waals surface area contributed by atoms with Crippen LogP contribution in [0.5, 0.6) is 0 Å². The maximum atomic E-state index is 11.7. The zero-order valence-electron chi connectivity index (χ0n) is 9.26. The Kier molecular flexibility index (Phi) is 5.37. The molecule has 1 unspecified atom stereocenters. The van der Waals surface area contributed by atoms with Crippen LogP contribution in [0.25, 0.3) is 0 Å². The van der Waals surface area contributed by atoms with Gasteiger partial charge in [-0.05, 0) is 5.56 Å². The van der Waals surface area contributed by atoms with Crippen molar-refractivity contribution in [1.82, 2.24) is 0 Å². The molecule has 0 aromatic heterocycles. The fraction of sp³-hybridized carbons (Fsp3) is 0.214. The third-order valence-corrected chi connectivity index (χ3v) is 1.95. The van der Waals surface area contributed by atoms with E-state index in [1.165, 1.54) is 0 Å². The summed E-state index contributed by atoms with van der Waals surface area (Å²) < 4.78 is 10.1. The minimum Gasteiger partial charge on any atom is -0.450 e. The highest BCUT2D eigenvalue weighted by Gasteiger charge is 2.22. The Morgan fingerprint density at radius 2 is 1.82 bits per heavy atom. The van der Waals surface area contributed by atoms with E-state index in [1.54, 1.807) is 24.3 Å². The molecule has 17 heavy (non-hydrogen) atoms. The molecule has 0 fully saturated rings. The van der Waals surface area contributed by atoms with Gasteiger partial charge in [0.1, 0.15) is 6.61 Å². The molecule has 0 aliphatic rings. The van der Waals surface area contributed by atoms with E-state index in [0.717, 1.165) is 0 Å². The molecule has 3 nitrogen and oxygen atoms in total. The molecule has 1 aromatic carbocycles. The van der Waals surface area contributed by atoms with Crippen molar-refractivity contribution in [3.05, 3.63) is 35.9 Å². The first-order valence-electron chi connectivity index (χ1n) is 4.99. The number of terminal acetylenes is 2. The predicted molar refractivity (Wildman–Crippen MR) is 63.8 cm³/mol. The maximum absolute atomic E-state index is 11.7. The molecule has 86 valence electrons. The van der Waals surface area contributed by atoms with E-state index in [4.69, 9.17) is 22.3 Å². The van der Waals surface area contributed by atoms with Gasteiger partial charge in [-0.15, -0.1) is 12.8 Å². The molecular weight excluding hydrogens is 216 g/mol. The third kappa shape index (κ3) is 4.03. The standard InChI is InChI=1S/C14H12O3/c1-3-10-16-13(14(15)17-11-4-2)12-8-6-5-7-9-12/h1-2,5-9,13H,10-11H2. The number of esters is 1. The van der Waals surface area contributed by atoms with Crippen LogP contribution in [-0.4, -0.2) is 19.2 Å². The lowest BCUT2D eigenvalue weighted by molar-refractivity contribution is -0.155. The average Bonchev–Trinajstić information content (AvgIpc) is 2.38. The second-order valence-corrected chi connectivity index (χ2v) is 3.12. The summed E-state index contributed by atoms with van der Waals surface area (Å²) in [6.07, 6.45) is 9.28. The van der Waals surface area contributed by atoms with Crippen molar-refractivity contribution in [2.45, 2.75) is 6.10 Å². The van der Waals surface area contributed by atoms with Crippen molar-refractivity contribution in [2.24, 2.45) is 0 Å². The quantitative estimate of drug-likeness (QED) is 0.566. The monoisotopic (exact) mass is 228 g/mol. The summed E-state index contributed by atoms with van der Waals surface area (Å²) in [4.78, 5) is 11.7. The average molecular weight is 228 g/mol. The van der Waals surface area contributed by atoms with Crippen LogP contribution in [-0.2, 0) is 14.3 Å². The zero-order valence-corrected chi connectivity index (χ0v) is 9.26. The van der Waals surface area contributed by atoms with Gasteiger partial charge in [-0.25, -0.2) is 4.79 Å². The van der Waals surface area contributed by atoms with E-state index in [-0.39, 0.29) is 13.2 Å². The first kappa shape index (κ1) is 12.8. The lowest BCUT2D eigenvalue weighted by Gasteiger charge is -2.14. The van der Waals surface area contributed by atoms with Gasteiger partial charge >= 0.3 is 5.97 Å². The van der Waals surface area contributed by atoms with Gasteiger partial charge in [-0.3, -0.25) is 0 Å². The Morgan fingerprint density at radius 3 is 2.41 bits per heavy atom.